The molecule has 0 spiro atoms. The van der Waals surface area contributed by atoms with E-state index in [1.165, 1.54) is 12.2 Å². The lowest BCUT2D eigenvalue weighted by Crippen LogP contribution is -2.60. The van der Waals surface area contributed by atoms with Crippen molar-refractivity contribution in [3.8, 4) is 0 Å². The Bertz CT molecular complexity index is 1930. The fraction of sp³-hybridized carbons (Fsp3) is 0.652. The number of allylic oxidation sites excluding steroid dienone is 8. The van der Waals surface area contributed by atoms with Crippen molar-refractivity contribution >= 4 is 46.6 Å². The van der Waals surface area contributed by atoms with Gasteiger partial charge >= 0.3 is 11.9 Å². The first-order valence-electron chi connectivity index (χ1n) is 21.1. The number of hydrogen-bond acceptors (Lipinski definition) is 13. The van der Waals surface area contributed by atoms with Crippen molar-refractivity contribution < 1.29 is 62.8 Å². The zero-order valence-electron chi connectivity index (χ0n) is 34.2. The maximum Gasteiger partial charge on any atom is 0.332 e. The summed E-state index contributed by atoms with van der Waals surface area (Å²) in [7, 11) is 0. The van der Waals surface area contributed by atoms with Gasteiger partial charge in [-0.05, 0) is 99.3 Å². The number of ketones is 6. The normalized spacial score (nSPS) is 42.9. The molecule has 12 atom stereocenters. The summed E-state index contributed by atoms with van der Waals surface area (Å²) in [6.07, 6.45) is 13.8. The quantitative estimate of drug-likeness (QED) is 0.303. The maximum absolute atomic E-state index is 13.9. The summed E-state index contributed by atoms with van der Waals surface area (Å²) in [5, 5.41) is 23.8. The molecule has 8 aliphatic carbocycles. The highest BCUT2D eigenvalue weighted by Gasteiger charge is 2.70. The SMILES string of the molecule is CC12C=CC(=O)C=C1CCC1C2C(=O)CC2(C)C1CCC2(O)C(=O)COC(=O)COCC(=O)OCC(=O)C1(O)CCC2C3CCC4=CC(=O)C=CC4(C)C3C(=O)CC21C. The van der Waals surface area contributed by atoms with E-state index in [4.69, 9.17) is 14.2 Å². The van der Waals surface area contributed by atoms with Crippen molar-refractivity contribution in [2.24, 2.45) is 57.2 Å². The molecule has 13 heteroatoms. The van der Waals surface area contributed by atoms with Crippen LogP contribution in [-0.4, -0.2) is 94.5 Å². The van der Waals surface area contributed by atoms with E-state index in [1.807, 2.05) is 26.0 Å². The number of carbonyl (C=O) groups excluding carboxylic acids is 8. The van der Waals surface area contributed by atoms with Gasteiger partial charge in [0, 0.05) is 46.3 Å². The van der Waals surface area contributed by atoms with Crippen molar-refractivity contribution in [2.45, 2.75) is 103 Å². The first kappa shape index (κ1) is 41.5. The molecule has 0 aliphatic heterocycles. The van der Waals surface area contributed by atoms with Gasteiger partial charge in [0.1, 0.15) is 36.0 Å². The Morgan fingerprint density at radius 2 is 1.00 bits per heavy atom. The lowest BCUT2D eigenvalue weighted by molar-refractivity contribution is -0.175. The molecule has 0 aromatic rings. The third-order valence-corrected chi connectivity index (χ3v) is 16.9. The minimum absolute atomic E-state index is 0.0241. The predicted molar refractivity (Wildman–Crippen MR) is 207 cm³/mol. The number of Topliss-reactive ketones (excluding diaryl/α,β-unsaturated/α-hetero) is 4. The van der Waals surface area contributed by atoms with Crippen LogP contribution in [0.2, 0.25) is 0 Å². The summed E-state index contributed by atoms with van der Waals surface area (Å²) in [4.78, 5) is 104. The van der Waals surface area contributed by atoms with Crippen molar-refractivity contribution in [3.05, 3.63) is 47.6 Å². The molecule has 2 N–H and O–H groups in total. The van der Waals surface area contributed by atoms with Crippen LogP contribution in [0.15, 0.2) is 47.6 Å². The Balaban J connectivity index is 0.807. The molecule has 0 heterocycles. The van der Waals surface area contributed by atoms with E-state index in [9.17, 15) is 48.6 Å². The molecule has 13 nitrogen and oxygen atoms in total. The Kier molecular flexibility index (Phi) is 9.99. The minimum atomic E-state index is -1.90. The highest BCUT2D eigenvalue weighted by molar-refractivity contribution is 6.03. The summed E-state index contributed by atoms with van der Waals surface area (Å²) in [5.41, 5.74) is -5.23. The smallest absolute Gasteiger partial charge is 0.332 e. The molecule has 0 aromatic heterocycles. The van der Waals surface area contributed by atoms with Gasteiger partial charge < -0.3 is 24.4 Å². The van der Waals surface area contributed by atoms with Gasteiger partial charge in [-0.25, -0.2) is 9.59 Å². The van der Waals surface area contributed by atoms with Crippen LogP contribution in [-0.2, 0) is 52.6 Å². The molecule has 0 radical (unpaired) electrons. The standard InChI is InChI=1S/C46H54O13/c1-41-13-9-27(47)17-25(41)5-7-29-31-11-15-45(55,43(31,3)19-33(49)39(29)41)35(51)21-58-37(53)23-57-24-38(54)59-22-36(52)46(56)16-12-32-30-8-6-26-18-28(48)10-14-42(26,2)40(30)34(50)20-44(32,46)4/h9-10,13-14,17-18,29-32,39-40,55-56H,5-8,11-12,15-16,19-24H2,1-4H3. The predicted octanol–water partition coefficient (Wildman–Crippen LogP) is 3.66. The number of rotatable bonds is 10. The Hall–Kier alpha value is -4.20. The monoisotopic (exact) mass is 814 g/mol. The molecule has 59 heavy (non-hydrogen) atoms. The molecule has 0 amide bonds. The Labute approximate surface area is 343 Å². The van der Waals surface area contributed by atoms with Gasteiger partial charge in [0.25, 0.3) is 0 Å². The second kappa shape index (κ2) is 14.2. The van der Waals surface area contributed by atoms with Crippen LogP contribution in [0.5, 0.6) is 0 Å². The van der Waals surface area contributed by atoms with Crippen LogP contribution in [0.25, 0.3) is 0 Å². The summed E-state index contributed by atoms with van der Waals surface area (Å²) in [6, 6.07) is 0. The van der Waals surface area contributed by atoms with Crippen LogP contribution in [0.4, 0.5) is 0 Å². The third-order valence-electron chi connectivity index (χ3n) is 16.9. The van der Waals surface area contributed by atoms with Crippen LogP contribution in [0.3, 0.4) is 0 Å². The highest BCUT2D eigenvalue weighted by atomic mass is 16.6. The highest BCUT2D eigenvalue weighted by Crippen LogP contribution is 2.67. The van der Waals surface area contributed by atoms with Crippen LogP contribution >= 0.6 is 0 Å². The minimum Gasteiger partial charge on any atom is -0.456 e. The fourth-order valence-corrected chi connectivity index (χ4v) is 13.8. The van der Waals surface area contributed by atoms with Crippen molar-refractivity contribution in [1.29, 1.82) is 0 Å². The lowest BCUT2D eigenvalue weighted by atomic mass is 9.46. The summed E-state index contributed by atoms with van der Waals surface area (Å²) in [6.45, 7) is 4.54. The van der Waals surface area contributed by atoms with Gasteiger partial charge in [-0.1, -0.05) is 51.0 Å². The van der Waals surface area contributed by atoms with Gasteiger partial charge in [0.15, 0.2) is 24.8 Å². The van der Waals surface area contributed by atoms with Gasteiger partial charge in [0.2, 0.25) is 11.6 Å². The Morgan fingerprint density at radius 1 is 0.610 bits per heavy atom. The van der Waals surface area contributed by atoms with E-state index in [1.54, 1.807) is 26.0 Å². The number of aliphatic hydroxyl groups is 2. The molecule has 0 aromatic carbocycles. The molecule has 316 valence electrons. The molecule has 0 bridgehead atoms. The lowest BCUT2D eigenvalue weighted by Gasteiger charge is -2.56. The maximum atomic E-state index is 13.9. The first-order valence-corrected chi connectivity index (χ1v) is 21.1. The van der Waals surface area contributed by atoms with E-state index in [2.05, 4.69) is 0 Å². The second-order valence-corrected chi connectivity index (χ2v) is 19.5. The summed E-state index contributed by atoms with van der Waals surface area (Å²) < 4.78 is 15.5. The molecule has 12 unspecified atom stereocenters. The zero-order valence-corrected chi connectivity index (χ0v) is 34.2. The van der Waals surface area contributed by atoms with Crippen molar-refractivity contribution in [3.63, 3.8) is 0 Å². The second-order valence-electron chi connectivity index (χ2n) is 19.5. The van der Waals surface area contributed by atoms with Gasteiger partial charge in [-0.3, -0.25) is 28.8 Å². The van der Waals surface area contributed by atoms with Gasteiger partial charge in [0.05, 0.1) is 0 Å². The number of ether oxygens (including phenoxy) is 3. The third kappa shape index (κ3) is 6.10. The summed E-state index contributed by atoms with van der Waals surface area (Å²) in [5.74, 6) is -4.86. The van der Waals surface area contributed by atoms with E-state index < -0.39 is 82.8 Å². The molecule has 6 saturated carbocycles. The van der Waals surface area contributed by atoms with E-state index in [-0.39, 0.29) is 84.3 Å². The van der Waals surface area contributed by atoms with E-state index >= 15 is 0 Å². The van der Waals surface area contributed by atoms with Gasteiger partial charge in [-0.15, -0.1) is 0 Å². The van der Waals surface area contributed by atoms with Crippen molar-refractivity contribution in [1.82, 2.24) is 0 Å². The van der Waals surface area contributed by atoms with Crippen LogP contribution < -0.4 is 0 Å². The molecule has 8 rings (SSSR count). The topological polar surface area (TPSA) is 205 Å². The Morgan fingerprint density at radius 3 is 1.39 bits per heavy atom. The molecular weight excluding hydrogens is 760 g/mol. The zero-order chi connectivity index (χ0) is 42.5. The molecule has 6 fully saturated rings. The number of esters is 2. The average molecular weight is 815 g/mol. The fourth-order valence-electron chi connectivity index (χ4n) is 13.8. The molecule has 8 aliphatic rings. The van der Waals surface area contributed by atoms with E-state index in [0.29, 0.717) is 38.5 Å². The first-order chi connectivity index (χ1) is 27.7. The number of fused-ring (bicyclic) bond motifs is 10. The van der Waals surface area contributed by atoms with Gasteiger partial charge in [-0.2, -0.15) is 0 Å². The van der Waals surface area contributed by atoms with Crippen LogP contribution in [0, 0.1) is 57.2 Å². The van der Waals surface area contributed by atoms with E-state index in [0.717, 1.165) is 11.1 Å². The number of hydrogen-bond donors (Lipinski definition) is 2. The average Bonchev–Trinajstić information content (AvgIpc) is 3.61. The van der Waals surface area contributed by atoms with Crippen LogP contribution in [0.1, 0.15) is 91.9 Å². The largest absolute Gasteiger partial charge is 0.456 e. The van der Waals surface area contributed by atoms with Crippen molar-refractivity contribution in [2.75, 3.05) is 26.4 Å². The summed E-state index contributed by atoms with van der Waals surface area (Å²) >= 11 is 0. The molecule has 0 saturated heterocycles. The number of carbonyl (C=O) groups is 8. The molecular formula is C46H54O13.